The van der Waals surface area contributed by atoms with Gasteiger partial charge in [0.15, 0.2) is 5.82 Å². The molecule has 30 heavy (non-hydrogen) atoms. The predicted molar refractivity (Wildman–Crippen MR) is 113 cm³/mol. The lowest BCUT2D eigenvalue weighted by atomic mass is 10.1. The first-order chi connectivity index (χ1) is 14.5. The van der Waals surface area contributed by atoms with Gasteiger partial charge in [-0.2, -0.15) is 4.98 Å². The Labute approximate surface area is 168 Å². The summed E-state index contributed by atoms with van der Waals surface area (Å²) >= 11 is 0. The zero-order valence-corrected chi connectivity index (χ0v) is 15.8. The van der Waals surface area contributed by atoms with E-state index in [1.165, 1.54) is 19.2 Å². The summed E-state index contributed by atoms with van der Waals surface area (Å²) in [5, 5.41) is 13.7. The Balaban J connectivity index is 2.04. The van der Waals surface area contributed by atoms with Crippen molar-refractivity contribution >= 4 is 27.4 Å². The number of nitrogens with zero attached hydrogens (tertiary/aromatic N) is 4. The lowest BCUT2D eigenvalue weighted by molar-refractivity contribution is -0.384. The quantitative estimate of drug-likeness (QED) is 0.258. The van der Waals surface area contributed by atoms with Crippen LogP contribution in [0.4, 0.5) is 5.69 Å². The van der Waals surface area contributed by atoms with Crippen LogP contribution in [-0.2, 0) is 7.05 Å². The number of rotatable bonds is 2. The number of non-ortho nitro benzene ring substituents is 1. The number of aromatic nitrogens is 3. The minimum absolute atomic E-state index is 0.0865. The van der Waals surface area contributed by atoms with E-state index >= 15 is 0 Å². The molecule has 0 bridgehead atoms. The second-order valence-electron chi connectivity index (χ2n) is 6.97. The van der Waals surface area contributed by atoms with E-state index in [-0.39, 0.29) is 17.1 Å². The Bertz CT molecular complexity index is 1580. The highest BCUT2D eigenvalue weighted by atomic mass is 16.6. The maximum atomic E-state index is 12.8. The summed E-state index contributed by atoms with van der Waals surface area (Å²) in [6.45, 7) is 0. The van der Waals surface area contributed by atoms with Crippen LogP contribution in [-0.4, -0.2) is 19.0 Å². The predicted octanol–water partition coefficient (Wildman–Crippen LogP) is 3.25. The lowest BCUT2D eigenvalue weighted by Crippen LogP contribution is -2.35. The van der Waals surface area contributed by atoms with Crippen molar-refractivity contribution in [1.82, 2.24) is 14.1 Å². The van der Waals surface area contributed by atoms with Crippen LogP contribution in [0.2, 0.25) is 0 Å². The first-order valence-corrected chi connectivity index (χ1v) is 9.15. The molecule has 0 aromatic heterocycles. The minimum Gasteiger partial charge on any atom is -0.293 e. The Morgan fingerprint density at radius 2 is 1.70 bits per heavy atom. The molecule has 3 aromatic rings. The van der Waals surface area contributed by atoms with Gasteiger partial charge in [-0.25, -0.2) is 4.79 Å². The van der Waals surface area contributed by atoms with Gasteiger partial charge in [0.05, 0.1) is 21.7 Å². The van der Waals surface area contributed by atoms with Gasteiger partial charge in [-0.1, -0.05) is 36.4 Å². The normalized spacial score (nSPS) is 11.4. The lowest BCUT2D eigenvalue weighted by Gasteiger charge is -2.19. The zero-order valence-electron chi connectivity index (χ0n) is 15.8. The van der Waals surface area contributed by atoms with Crippen LogP contribution in [0.25, 0.3) is 38.8 Å². The molecule has 3 aromatic carbocycles. The number of hydrogen-bond acceptors (Lipinski definition) is 5. The van der Waals surface area contributed by atoms with Gasteiger partial charge in [-0.3, -0.25) is 24.0 Å². The maximum Gasteiger partial charge on any atom is 0.352 e. The molecule has 0 N–H and O–H groups in total. The van der Waals surface area contributed by atoms with E-state index in [1.807, 2.05) is 42.5 Å². The van der Waals surface area contributed by atoms with E-state index in [2.05, 4.69) is 4.98 Å². The maximum absolute atomic E-state index is 12.8. The molecule has 8 heteroatoms. The number of benzene rings is 3. The zero-order chi connectivity index (χ0) is 21.0. The number of pyridine rings is 1. The largest absolute Gasteiger partial charge is 0.352 e. The summed E-state index contributed by atoms with van der Waals surface area (Å²) in [4.78, 5) is 40.1. The Hall–Kier alpha value is -4.33. The van der Waals surface area contributed by atoms with Crippen molar-refractivity contribution in [1.29, 1.82) is 0 Å². The molecule has 0 spiro atoms. The second kappa shape index (κ2) is 6.35. The van der Waals surface area contributed by atoms with Gasteiger partial charge in [-0.15, -0.1) is 0 Å². The van der Waals surface area contributed by atoms with Gasteiger partial charge < -0.3 is 0 Å². The topological polar surface area (TPSA) is 100 Å². The molecule has 5 rings (SSSR count). The Morgan fingerprint density at radius 3 is 2.50 bits per heavy atom. The van der Waals surface area contributed by atoms with E-state index in [1.54, 1.807) is 16.7 Å². The number of nitro groups is 1. The Kier molecular flexibility index (Phi) is 3.75. The standard InChI is InChI=1S/C22H14N4O4/c1-24-21(27)17-12-14-11-15(26(29)30)9-10-18(14)25(20(17)23-22(24)28)19-8-4-6-13-5-2-3-7-16(13)19/h2-12H,1H3. The fourth-order valence-electron chi connectivity index (χ4n) is 3.78. The number of fused-ring (bicyclic) bond motifs is 3. The molecule has 0 unspecified atom stereocenters. The van der Waals surface area contributed by atoms with Crippen molar-refractivity contribution in [3.05, 3.63) is 97.7 Å². The van der Waals surface area contributed by atoms with Gasteiger partial charge >= 0.3 is 5.69 Å². The van der Waals surface area contributed by atoms with Crippen molar-refractivity contribution in [3.8, 4) is 17.1 Å². The molecule has 2 aliphatic rings. The van der Waals surface area contributed by atoms with Gasteiger partial charge in [0, 0.05) is 30.0 Å². The van der Waals surface area contributed by atoms with Gasteiger partial charge in [0.2, 0.25) is 0 Å². The van der Waals surface area contributed by atoms with Crippen molar-refractivity contribution in [2.45, 2.75) is 0 Å². The Morgan fingerprint density at radius 1 is 0.933 bits per heavy atom. The molecule has 0 radical (unpaired) electrons. The molecule has 2 aliphatic heterocycles. The van der Waals surface area contributed by atoms with E-state index < -0.39 is 16.2 Å². The molecule has 0 aliphatic carbocycles. The highest BCUT2D eigenvalue weighted by molar-refractivity contribution is 5.95. The fourth-order valence-corrected chi connectivity index (χ4v) is 3.78. The molecule has 0 saturated heterocycles. The van der Waals surface area contributed by atoms with Crippen LogP contribution < -0.4 is 11.2 Å². The van der Waals surface area contributed by atoms with Crippen LogP contribution in [0.15, 0.2) is 76.3 Å². The monoisotopic (exact) mass is 398 g/mol. The van der Waals surface area contributed by atoms with E-state index in [0.717, 1.165) is 21.0 Å². The molecule has 2 heterocycles. The molecule has 8 nitrogen and oxygen atoms in total. The van der Waals surface area contributed by atoms with Crippen LogP contribution in [0, 0.1) is 10.1 Å². The number of hydrogen-bond donors (Lipinski definition) is 0. The van der Waals surface area contributed by atoms with Crippen molar-refractivity contribution < 1.29 is 4.92 Å². The third kappa shape index (κ3) is 2.51. The first-order valence-electron chi connectivity index (χ1n) is 9.15. The molecule has 0 atom stereocenters. The van der Waals surface area contributed by atoms with Crippen LogP contribution in [0.3, 0.4) is 0 Å². The van der Waals surface area contributed by atoms with E-state index in [0.29, 0.717) is 10.9 Å². The summed E-state index contributed by atoms with van der Waals surface area (Å²) < 4.78 is 2.65. The minimum atomic E-state index is -0.664. The fraction of sp³-hybridized carbons (Fsp3) is 0.0455. The third-order valence-electron chi connectivity index (χ3n) is 5.25. The van der Waals surface area contributed by atoms with Gasteiger partial charge in [0.1, 0.15) is 0 Å². The highest BCUT2D eigenvalue weighted by Gasteiger charge is 2.21. The van der Waals surface area contributed by atoms with Crippen molar-refractivity contribution in [2.24, 2.45) is 7.05 Å². The summed E-state index contributed by atoms with van der Waals surface area (Å²) in [6.07, 6.45) is 0. The molecule has 0 fully saturated rings. The molecule has 0 amide bonds. The highest BCUT2D eigenvalue weighted by Crippen LogP contribution is 2.32. The van der Waals surface area contributed by atoms with Gasteiger partial charge in [-0.05, 0) is 23.6 Å². The molecular weight excluding hydrogens is 384 g/mol. The van der Waals surface area contributed by atoms with Crippen molar-refractivity contribution in [3.63, 3.8) is 0 Å². The van der Waals surface area contributed by atoms with Crippen molar-refractivity contribution in [2.75, 3.05) is 0 Å². The average molecular weight is 398 g/mol. The van der Waals surface area contributed by atoms with Crippen LogP contribution in [0.1, 0.15) is 0 Å². The summed E-state index contributed by atoms with van der Waals surface area (Å²) in [6, 6.07) is 19.4. The van der Waals surface area contributed by atoms with E-state index in [9.17, 15) is 19.7 Å². The van der Waals surface area contributed by atoms with Gasteiger partial charge in [0.25, 0.3) is 11.2 Å². The van der Waals surface area contributed by atoms with E-state index in [4.69, 9.17) is 0 Å². The summed E-state index contributed by atoms with van der Waals surface area (Å²) in [7, 11) is 1.36. The smallest absolute Gasteiger partial charge is 0.293 e. The molecule has 0 saturated carbocycles. The second-order valence-corrected chi connectivity index (χ2v) is 6.97. The summed E-state index contributed by atoms with van der Waals surface area (Å²) in [5.41, 5.74) is 0.270. The SMILES string of the molecule is Cn1c(=O)nc2n(-c3cccc4ccccc34)c3ccc([N+](=O)[O-])cc3cc-2c1=O. The van der Waals surface area contributed by atoms with Crippen LogP contribution in [0.5, 0.6) is 0 Å². The molecular formula is C22H14N4O4. The molecule has 146 valence electrons. The summed E-state index contributed by atoms with van der Waals surface area (Å²) in [5.74, 6) is 0.209. The average Bonchev–Trinajstić information content (AvgIpc) is 2.76. The van der Waals surface area contributed by atoms with Crippen LogP contribution >= 0.6 is 0 Å². The number of nitro benzene ring substituents is 1. The first kappa shape index (κ1) is 17.7. The third-order valence-corrected chi connectivity index (χ3v) is 5.25.